The number of rotatable bonds is 4. The van der Waals surface area contributed by atoms with Crippen LogP contribution in [0.1, 0.15) is 29.7 Å². The second kappa shape index (κ2) is 7.26. The van der Waals surface area contributed by atoms with Gasteiger partial charge in [0.25, 0.3) is 0 Å². The zero-order valence-corrected chi connectivity index (χ0v) is 18.8. The summed E-state index contributed by atoms with van der Waals surface area (Å²) in [4.78, 5) is 3.67. The Morgan fingerprint density at radius 3 is 2.90 bits per heavy atom. The average molecular weight is 467 g/mol. The zero-order chi connectivity index (χ0) is 20.9. The molecule has 0 bridgehead atoms. The van der Waals surface area contributed by atoms with Crippen molar-refractivity contribution < 1.29 is 9.84 Å². The second-order valence-corrected chi connectivity index (χ2v) is 9.47. The van der Waals surface area contributed by atoms with Gasteiger partial charge in [0, 0.05) is 39.9 Å². The lowest BCUT2D eigenvalue weighted by molar-refractivity contribution is -0.0975. The fraction of sp³-hybridized carbons (Fsp3) is 0.360. The SMILES string of the molecule is C=CCC1NCC[C@@]2(c3cccc(OC)c3)Cc3[nH]c4c(Br)cccc4c3C[C@]12O. The van der Waals surface area contributed by atoms with Gasteiger partial charge in [-0.15, -0.1) is 6.58 Å². The summed E-state index contributed by atoms with van der Waals surface area (Å²) in [5.41, 5.74) is 3.37. The van der Waals surface area contributed by atoms with Crippen LogP contribution in [-0.2, 0) is 18.3 Å². The molecule has 2 aliphatic rings. The highest BCUT2D eigenvalue weighted by Crippen LogP contribution is 2.53. The molecule has 2 heterocycles. The number of aromatic nitrogens is 1. The van der Waals surface area contributed by atoms with Crippen LogP contribution in [0, 0.1) is 0 Å². The first-order chi connectivity index (χ1) is 14.5. The van der Waals surface area contributed by atoms with Crippen LogP contribution in [-0.4, -0.2) is 35.4 Å². The number of aromatic amines is 1. The number of nitrogens with one attached hydrogen (secondary N) is 2. The normalized spacial score (nSPS) is 28.0. The summed E-state index contributed by atoms with van der Waals surface area (Å²) in [6, 6.07) is 14.5. The number of ether oxygens (including phenoxy) is 1. The molecule has 30 heavy (non-hydrogen) atoms. The molecule has 5 rings (SSSR count). The minimum absolute atomic E-state index is 0.0554. The van der Waals surface area contributed by atoms with E-state index in [0.717, 1.165) is 47.1 Å². The van der Waals surface area contributed by atoms with E-state index in [2.05, 4.69) is 63.1 Å². The highest BCUT2D eigenvalue weighted by atomic mass is 79.9. The van der Waals surface area contributed by atoms with Gasteiger partial charge in [0.05, 0.1) is 18.2 Å². The molecule has 3 N–H and O–H groups in total. The molecule has 5 heteroatoms. The number of halogens is 1. The second-order valence-electron chi connectivity index (χ2n) is 8.62. The van der Waals surface area contributed by atoms with Gasteiger partial charge in [-0.3, -0.25) is 0 Å². The number of benzene rings is 2. The molecule has 4 nitrogen and oxygen atoms in total. The summed E-state index contributed by atoms with van der Waals surface area (Å²) in [5, 5.41) is 17.2. The summed E-state index contributed by atoms with van der Waals surface area (Å²) in [5.74, 6) is 0.827. The minimum Gasteiger partial charge on any atom is -0.497 e. The molecule has 0 radical (unpaired) electrons. The summed E-state index contributed by atoms with van der Waals surface area (Å²) in [7, 11) is 1.69. The first kappa shape index (κ1) is 19.9. The molecule has 3 aromatic rings. The highest BCUT2D eigenvalue weighted by molar-refractivity contribution is 9.10. The van der Waals surface area contributed by atoms with Crippen molar-refractivity contribution in [2.24, 2.45) is 0 Å². The summed E-state index contributed by atoms with van der Waals surface area (Å²) in [6.07, 6.45) is 4.87. The van der Waals surface area contributed by atoms with E-state index in [1.54, 1.807) is 7.11 Å². The number of fused-ring (bicyclic) bond motifs is 4. The minimum atomic E-state index is -0.934. The molecule has 1 saturated heterocycles. The number of para-hydroxylation sites is 1. The van der Waals surface area contributed by atoms with E-state index in [1.807, 2.05) is 18.2 Å². The lowest BCUT2D eigenvalue weighted by Gasteiger charge is -2.57. The molecule has 2 aromatic carbocycles. The van der Waals surface area contributed by atoms with E-state index in [4.69, 9.17) is 4.74 Å². The Morgan fingerprint density at radius 2 is 2.10 bits per heavy atom. The van der Waals surface area contributed by atoms with Crippen LogP contribution in [0.3, 0.4) is 0 Å². The van der Waals surface area contributed by atoms with Gasteiger partial charge in [-0.1, -0.05) is 30.3 Å². The van der Waals surface area contributed by atoms with E-state index in [-0.39, 0.29) is 6.04 Å². The number of hydrogen-bond donors (Lipinski definition) is 3. The number of piperidine rings is 1. The van der Waals surface area contributed by atoms with Crippen LogP contribution in [0.2, 0.25) is 0 Å². The van der Waals surface area contributed by atoms with Crippen LogP contribution in [0.15, 0.2) is 59.6 Å². The molecule has 3 atom stereocenters. The van der Waals surface area contributed by atoms with Gasteiger partial charge in [-0.25, -0.2) is 0 Å². The van der Waals surface area contributed by atoms with Crippen LogP contribution >= 0.6 is 15.9 Å². The fourth-order valence-corrected chi connectivity index (χ4v) is 6.26. The van der Waals surface area contributed by atoms with Crippen LogP contribution < -0.4 is 10.1 Å². The predicted octanol–water partition coefficient (Wildman–Crippen LogP) is 4.64. The Morgan fingerprint density at radius 1 is 1.27 bits per heavy atom. The summed E-state index contributed by atoms with van der Waals surface area (Å²) >= 11 is 3.69. The van der Waals surface area contributed by atoms with Gasteiger partial charge < -0.3 is 20.1 Å². The molecule has 0 amide bonds. The Hall–Kier alpha value is -2.08. The maximum atomic E-state index is 12.5. The lowest BCUT2D eigenvalue weighted by atomic mass is 9.53. The molecular weight excluding hydrogens is 440 g/mol. The van der Waals surface area contributed by atoms with E-state index in [9.17, 15) is 5.11 Å². The van der Waals surface area contributed by atoms with Gasteiger partial charge in [0.1, 0.15) is 5.75 Å². The third-order valence-corrected chi connectivity index (χ3v) is 7.94. The Balaban J connectivity index is 1.75. The third kappa shape index (κ3) is 2.72. The molecule has 0 spiro atoms. The topological polar surface area (TPSA) is 57.3 Å². The Bertz CT molecular complexity index is 1120. The van der Waals surface area contributed by atoms with Crippen LogP contribution in [0.5, 0.6) is 5.75 Å². The average Bonchev–Trinajstić information content (AvgIpc) is 3.11. The monoisotopic (exact) mass is 466 g/mol. The van der Waals surface area contributed by atoms with E-state index in [0.29, 0.717) is 6.42 Å². The Kier molecular flexibility index (Phi) is 4.80. The fourth-order valence-electron chi connectivity index (χ4n) is 5.79. The van der Waals surface area contributed by atoms with Crippen LogP contribution in [0.25, 0.3) is 10.9 Å². The molecule has 156 valence electrons. The van der Waals surface area contributed by atoms with Crippen molar-refractivity contribution in [3.05, 3.63) is 76.4 Å². The largest absolute Gasteiger partial charge is 0.497 e. The molecule has 1 aliphatic heterocycles. The molecular formula is C25H27BrN2O2. The highest BCUT2D eigenvalue weighted by Gasteiger charge is 2.60. The predicted molar refractivity (Wildman–Crippen MR) is 124 cm³/mol. The van der Waals surface area contributed by atoms with Gasteiger partial charge in [0.2, 0.25) is 0 Å². The third-order valence-electron chi connectivity index (χ3n) is 7.28. The standard InChI is InChI=1S/C25H27BrN2O2/c1-3-6-22-25(29)14-19-18-9-5-10-20(26)23(18)28-21(19)15-24(25,11-12-27-22)16-7-4-8-17(13-16)30-2/h3-5,7-10,13,22,27-29H,1,6,11-12,14-15H2,2H3/t22?,24-,25-/m0/s1. The van der Waals surface area contributed by atoms with Crippen molar-refractivity contribution in [1.82, 2.24) is 10.3 Å². The van der Waals surface area contributed by atoms with Gasteiger partial charge in [-0.2, -0.15) is 0 Å². The summed E-state index contributed by atoms with van der Waals surface area (Å²) in [6.45, 7) is 4.82. The zero-order valence-electron chi connectivity index (χ0n) is 17.2. The maximum Gasteiger partial charge on any atom is 0.119 e. The van der Waals surface area contributed by atoms with Crippen LogP contribution in [0.4, 0.5) is 0 Å². The number of H-pyrrole nitrogens is 1. The molecule has 1 unspecified atom stereocenters. The lowest BCUT2D eigenvalue weighted by Crippen LogP contribution is -2.70. The van der Waals surface area contributed by atoms with Crippen molar-refractivity contribution in [2.45, 2.75) is 42.7 Å². The van der Waals surface area contributed by atoms with E-state index in [1.165, 1.54) is 16.6 Å². The molecule has 0 saturated carbocycles. The first-order valence-electron chi connectivity index (χ1n) is 10.5. The molecule has 1 aromatic heterocycles. The van der Waals surface area contributed by atoms with Crippen molar-refractivity contribution in [3.63, 3.8) is 0 Å². The van der Waals surface area contributed by atoms with E-state index >= 15 is 0 Å². The smallest absolute Gasteiger partial charge is 0.119 e. The van der Waals surface area contributed by atoms with Crippen molar-refractivity contribution in [1.29, 1.82) is 0 Å². The molecule has 1 fully saturated rings. The number of aliphatic hydroxyl groups is 1. The van der Waals surface area contributed by atoms with E-state index < -0.39 is 11.0 Å². The van der Waals surface area contributed by atoms with Gasteiger partial charge in [-0.05, 0) is 64.6 Å². The number of methoxy groups -OCH3 is 1. The quantitative estimate of drug-likeness (QED) is 0.490. The Labute approximate surface area is 185 Å². The number of hydrogen-bond acceptors (Lipinski definition) is 3. The van der Waals surface area contributed by atoms with Crippen molar-refractivity contribution in [2.75, 3.05) is 13.7 Å². The summed E-state index contributed by atoms with van der Waals surface area (Å²) < 4.78 is 6.59. The molecule has 1 aliphatic carbocycles. The first-order valence-corrected chi connectivity index (χ1v) is 11.3. The van der Waals surface area contributed by atoms with Gasteiger partial charge >= 0.3 is 0 Å². The van der Waals surface area contributed by atoms with Crippen molar-refractivity contribution in [3.8, 4) is 5.75 Å². The van der Waals surface area contributed by atoms with Crippen molar-refractivity contribution >= 4 is 26.8 Å². The maximum absolute atomic E-state index is 12.5. The van der Waals surface area contributed by atoms with Gasteiger partial charge in [0.15, 0.2) is 0 Å².